The van der Waals surface area contributed by atoms with E-state index in [2.05, 4.69) is 30.3 Å². The van der Waals surface area contributed by atoms with E-state index in [9.17, 15) is 5.11 Å². The van der Waals surface area contributed by atoms with E-state index in [0.29, 0.717) is 0 Å². The summed E-state index contributed by atoms with van der Waals surface area (Å²) in [5, 5.41) is 19.8. The number of benzene rings is 2. The van der Waals surface area contributed by atoms with Gasteiger partial charge in [-0.2, -0.15) is 11.8 Å². The molecule has 0 unspecified atom stereocenters. The smallest absolute Gasteiger partial charge is 0.0212 e. The van der Waals surface area contributed by atoms with Crippen LogP contribution in [0, 0.1) is 5.41 Å². The molecule has 90 valence electrons. The maximum Gasteiger partial charge on any atom is 0.0212 e. The summed E-state index contributed by atoms with van der Waals surface area (Å²) in [7, 11) is 0. The van der Waals surface area contributed by atoms with E-state index in [-0.39, 0.29) is 22.7 Å². The van der Waals surface area contributed by atoms with E-state index in [4.69, 9.17) is 5.41 Å². The molecule has 0 aliphatic rings. The highest BCUT2D eigenvalue weighted by atomic mass is 79.9. The Kier molecular flexibility index (Phi) is 5.51. The van der Waals surface area contributed by atoms with Gasteiger partial charge >= 0.3 is 0 Å². The van der Waals surface area contributed by atoms with Gasteiger partial charge in [0.1, 0.15) is 0 Å². The minimum atomic E-state index is -0.509. The molecule has 0 aliphatic carbocycles. The third kappa shape index (κ3) is 4.06. The quantitative estimate of drug-likeness (QED) is 0.697. The average molecular weight is 311 g/mol. The summed E-state index contributed by atoms with van der Waals surface area (Å²) in [6.45, 7) is 0. The average Bonchev–Trinajstić information content (AvgIpc) is 2.28. The Bertz CT molecular complexity index is 516. The van der Waals surface area contributed by atoms with Crippen molar-refractivity contribution in [3.8, 4) is 0 Å². The van der Waals surface area contributed by atoms with Gasteiger partial charge in [-0.15, -0.1) is 17.0 Å². The van der Waals surface area contributed by atoms with Crippen LogP contribution in [0.5, 0.6) is 0 Å². The molecule has 0 saturated heterocycles. The molecule has 2 aromatic rings. The molecule has 0 aromatic heterocycles. The van der Waals surface area contributed by atoms with Crippen molar-refractivity contribution in [3.05, 3.63) is 48.0 Å². The molecule has 0 atom stereocenters. The summed E-state index contributed by atoms with van der Waals surface area (Å²) in [6, 6.07) is 14.5. The molecule has 0 radical (unpaired) electrons. The standard InChI is InChI=1S/C13H13NOS.BrH/c14-13(15)9-16-8-10-5-6-11-3-1-2-4-12(11)7-10;/h1-7H,8-9H2,(H2,14,15);1H/p-1. The molecule has 0 saturated carbocycles. The molecule has 0 aliphatic heterocycles. The topological polar surface area (TPSA) is 46.9 Å². The Morgan fingerprint density at radius 3 is 2.53 bits per heavy atom. The van der Waals surface area contributed by atoms with Crippen LogP contribution < -0.4 is 5.11 Å². The molecular weight excluding hydrogens is 298 g/mol. The minimum Gasteiger partial charge on any atom is -0.862 e. The zero-order chi connectivity index (χ0) is 11.4. The maximum atomic E-state index is 10.5. The van der Waals surface area contributed by atoms with Crippen molar-refractivity contribution in [2.75, 3.05) is 5.75 Å². The van der Waals surface area contributed by atoms with Crippen molar-refractivity contribution >= 4 is 45.4 Å². The zero-order valence-corrected chi connectivity index (χ0v) is 11.7. The van der Waals surface area contributed by atoms with E-state index in [1.165, 1.54) is 28.1 Å². The van der Waals surface area contributed by atoms with Gasteiger partial charge in [-0.05, 0) is 22.2 Å². The third-order valence-corrected chi connectivity index (χ3v) is 3.32. The van der Waals surface area contributed by atoms with E-state index in [1.54, 1.807) is 0 Å². The lowest BCUT2D eigenvalue weighted by Crippen LogP contribution is -2.17. The molecule has 17 heavy (non-hydrogen) atoms. The summed E-state index contributed by atoms with van der Waals surface area (Å²) >= 11 is 1.49. The van der Waals surface area contributed by atoms with Crippen molar-refractivity contribution in [2.24, 2.45) is 0 Å². The van der Waals surface area contributed by atoms with Gasteiger partial charge in [0, 0.05) is 11.5 Å². The number of nitrogens with one attached hydrogen (secondary N) is 1. The van der Waals surface area contributed by atoms with Crippen LogP contribution in [-0.2, 0) is 5.75 Å². The van der Waals surface area contributed by atoms with Crippen LogP contribution in [0.4, 0.5) is 0 Å². The summed E-state index contributed by atoms with van der Waals surface area (Å²) in [5.74, 6) is 0.549. The van der Waals surface area contributed by atoms with Gasteiger partial charge in [0.15, 0.2) is 0 Å². The Labute approximate surface area is 115 Å². The second-order valence-corrected chi connectivity index (χ2v) is 4.58. The van der Waals surface area contributed by atoms with Crippen LogP contribution in [-0.4, -0.2) is 11.7 Å². The van der Waals surface area contributed by atoms with Crippen LogP contribution in [0.15, 0.2) is 42.5 Å². The number of hydrogen-bond donors (Lipinski definition) is 1. The molecule has 2 nitrogen and oxygen atoms in total. The van der Waals surface area contributed by atoms with Crippen molar-refractivity contribution in [1.29, 1.82) is 5.41 Å². The molecule has 0 fully saturated rings. The Morgan fingerprint density at radius 1 is 1.12 bits per heavy atom. The van der Waals surface area contributed by atoms with Crippen LogP contribution in [0.2, 0.25) is 0 Å². The Hall–Kier alpha value is -1.00. The van der Waals surface area contributed by atoms with E-state index in [0.717, 1.165) is 5.75 Å². The second kappa shape index (κ2) is 6.67. The molecule has 1 N–H and O–H groups in total. The Morgan fingerprint density at radius 2 is 1.82 bits per heavy atom. The summed E-state index contributed by atoms with van der Waals surface area (Å²) < 4.78 is 0. The van der Waals surface area contributed by atoms with Gasteiger partial charge in [-0.1, -0.05) is 42.5 Å². The molecule has 2 aromatic carbocycles. The highest BCUT2D eigenvalue weighted by Crippen LogP contribution is 2.19. The number of thioether (sulfide) groups is 1. The van der Waals surface area contributed by atoms with Gasteiger partial charge < -0.3 is 10.5 Å². The molecule has 0 spiro atoms. The minimum absolute atomic E-state index is 0. The molecule has 2 rings (SSSR count). The number of halogens is 1. The van der Waals surface area contributed by atoms with Gasteiger partial charge in [-0.25, -0.2) is 0 Å². The lowest BCUT2D eigenvalue weighted by Gasteiger charge is -2.07. The van der Waals surface area contributed by atoms with E-state index < -0.39 is 5.90 Å². The normalized spacial score (nSPS) is 9.88. The fourth-order valence-corrected chi connectivity index (χ4v) is 2.29. The molecule has 0 bridgehead atoms. The summed E-state index contributed by atoms with van der Waals surface area (Å²) in [6.07, 6.45) is 0. The predicted molar refractivity (Wildman–Crippen MR) is 78.2 cm³/mol. The van der Waals surface area contributed by atoms with Gasteiger partial charge in [0.25, 0.3) is 0 Å². The first-order chi connectivity index (χ1) is 7.75. The molecule has 4 heteroatoms. The summed E-state index contributed by atoms with van der Waals surface area (Å²) in [5.41, 5.74) is 1.20. The maximum absolute atomic E-state index is 10.5. The number of rotatable bonds is 4. The van der Waals surface area contributed by atoms with E-state index in [1.807, 2.05) is 12.1 Å². The first-order valence-electron chi connectivity index (χ1n) is 5.05. The largest absolute Gasteiger partial charge is 0.862 e. The van der Waals surface area contributed by atoms with Gasteiger partial charge in [0.05, 0.1) is 0 Å². The highest BCUT2D eigenvalue weighted by molar-refractivity contribution is 8.93. The lowest BCUT2D eigenvalue weighted by molar-refractivity contribution is -0.216. The molecular formula is C13H13BrNOS-. The van der Waals surface area contributed by atoms with Crippen LogP contribution >= 0.6 is 28.7 Å². The monoisotopic (exact) mass is 310 g/mol. The molecule has 0 amide bonds. The molecule has 0 heterocycles. The van der Waals surface area contributed by atoms with Crippen LogP contribution in [0.25, 0.3) is 10.8 Å². The number of fused-ring (bicyclic) bond motifs is 1. The zero-order valence-electron chi connectivity index (χ0n) is 9.18. The van der Waals surface area contributed by atoms with Crippen molar-refractivity contribution in [3.63, 3.8) is 0 Å². The van der Waals surface area contributed by atoms with Gasteiger partial charge in [0.2, 0.25) is 0 Å². The Balaban J connectivity index is 0.00000144. The van der Waals surface area contributed by atoms with Crippen molar-refractivity contribution in [2.45, 2.75) is 5.75 Å². The van der Waals surface area contributed by atoms with Crippen LogP contribution in [0.1, 0.15) is 5.56 Å². The predicted octanol–water partition coefficient (Wildman–Crippen LogP) is 2.99. The first kappa shape index (κ1) is 14.1. The first-order valence-corrected chi connectivity index (χ1v) is 6.21. The highest BCUT2D eigenvalue weighted by Gasteiger charge is 1.96. The summed E-state index contributed by atoms with van der Waals surface area (Å²) in [4.78, 5) is 0. The SMILES string of the molecule is Br.N=C([O-])CSCc1ccc2ccccc2c1. The lowest BCUT2D eigenvalue weighted by atomic mass is 10.1. The third-order valence-electron chi connectivity index (χ3n) is 2.32. The van der Waals surface area contributed by atoms with Gasteiger partial charge in [-0.3, -0.25) is 0 Å². The van der Waals surface area contributed by atoms with Crippen molar-refractivity contribution < 1.29 is 5.11 Å². The second-order valence-electron chi connectivity index (χ2n) is 3.60. The van der Waals surface area contributed by atoms with Crippen LogP contribution in [0.3, 0.4) is 0 Å². The fraction of sp³-hybridized carbons (Fsp3) is 0.154. The number of hydrogen-bond acceptors (Lipinski definition) is 3. The fourth-order valence-electron chi connectivity index (χ4n) is 1.59. The van der Waals surface area contributed by atoms with Crippen molar-refractivity contribution in [1.82, 2.24) is 0 Å². The van der Waals surface area contributed by atoms with E-state index >= 15 is 0 Å².